The fourth-order valence-corrected chi connectivity index (χ4v) is 3.42. The van der Waals surface area contributed by atoms with Crippen molar-refractivity contribution in [3.63, 3.8) is 0 Å². The van der Waals surface area contributed by atoms with E-state index in [4.69, 9.17) is 9.47 Å². The van der Waals surface area contributed by atoms with E-state index in [1.54, 1.807) is 36.4 Å². The van der Waals surface area contributed by atoms with Crippen molar-refractivity contribution in [2.45, 2.75) is 12.7 Å². The molecule has 4 rings (SSSR count). The minimum Gasteiger partial charge on any atom is -0.457 e. The van der Waals surface area contributed by atoms with Crippen LogP contribution < -0.4 is 15.0 Å². The molecule has 0 bridgehead atoms. The van der Waals surface area contributed by atoms with Crippen LogP contribution in [0.25, 0.3) is 0 Å². The first-order chi connectivity index (χ1) is 15.0. The molecule has 0 radical (unpaired) electrons. The minimum absolute atomic E-state index is 0.223. The van der Waals surface area contributed by atoms with Crippen molar-refractivity contribution in [3.8, 4) is 11.5 Å². The Morgan fingerprint density at radius 1 is 0.903 bits per heavy atom. The van der Waals surface area contributed by atoms with Crippen molar-refractivity contribution in [1.29, 1.82) is 0 Å². The highest BCUT2D eigenvalue weighted by atomic mass is 19.4. The molecule has 1 heterocycles. The first-order valence-electron chi connectivity index (χ1n) is 10.1. The third-order valence-corrected chi connectivity index (χ3v) is 5.07. The summed E-state index contributed by atoms with van der Waals surface area (Å²) in [6.45, 7) is 3.56. The summed E-state index contributed by atoms with van der Waals surface area (Å²) in [5.74, 6) is 0.133. The average molecular weight is 428 g/mol. The first kappa shape index (κ1) is 21.1. The zero-order valence-electron chi connectivity index (χ0n) is 16.9. The van der Waals surface area contributed by atoms with E-state index >= 15 is 0 Å². The number of halogens is 3. The number of para-hydroxylation sites is 1. The van der Waals surface area contributed by atoms with Gasteiger partial charge in [-0.15, -0.1) is 0 Å². The van der Waals surface area contributed by atoms with Gasteiger partial charge in [-0.25, -0.2) is 0 Å². The average Bonchev–Trinajstić information content (AvgIpc) is 2.79. The van der Waals surface area contributed by atoms with Gasteiger partial charge in [-0.3, -0.25) is 0 Å². The molecule has 0 aliphatic carbocycles. The van der Waals surface area contributed by atoms with Gasteiger partial charge in [0, 0.05) is 31.0 Å². The summed E-state index contributed by atoms with van der Waals surface area (Å²) in [5, 5.41) is 3.07. The third kappa shape index (κ3) is 5.49. The van der Waals surface area contributed by atoms with E-state index in [9.17, 15) is 13.2 Å². The number of anilines is 2. The van der Waals surface area contributed by atoms with Gasteiger partial charge in [0.05, 0.1) is 13.2 Å². The molecule has 0 saturated carbocycles. The van der Waals surface area contributed by atoms with E-state index in [0.29, 0.717) is 18.0 Å². The van der Waals surface area contributed by atoms with Gasteiger partial charge in [0.1, 0.15) is 17.1 Å². The Bertz CT molecular complexity index is 986. The lowest BCUT2D eigenvalue weighted by atomic mass is 10.1. The molecule has 162 valence electrons. The van der Waals surface area contributed by atoms with Crippen molar-refractivity contribution in [1.82, 2.24) is 0 Å². The predicted octanol–water partition coefficient (Wildman–Crippen LogP) is 5.95. The monoisotopic (exact) mass is 428 g/mol. The van der Waals surface area contributed by atoms with Gasteiger partial charge in [0.15, 0.2) is 0 Å². The molecule has 0 unspecified atom stereocenters. The van der Waals surface area contributed by atoms with Gasteiger partial charge in [-0.05, 0) is 48.0 Å². The molecular formula is C24H23F3N2O2. The topological polar surface area (TPSA) is 33.7 Å². The van der Waals surface area contributed by atoms with Crippen LogP contribution in [0.5, 0.6) is 11.5 Å². The van der Waals surface area contributed by atoms with Crippen molar-refractivity contribution in [2.24, 2.45) is 0 Å². The Hall–Kier alpha value is -3.19. The Balaban J connectivity index is 1.44. The van der Waals surface area contributed by atoms with Crippen LogP contribution in [0, 0.1) is 0 Å². The SMILES string of the molecule is FC(F)(F)c1cc(NCc2ccc(N3CCOCC3)cc2)ccc1Oc1ccccc1. The summed E-state index contributed by atoms with van der Waals surface area (Å²) in [4.78, 5) is 2.25. The van der Waals surface area contributed by atoms with E-state index in [2.05, 4.69) is 10.2 Å². The van der Waals surface area contributed by atoms with Crippen molar-refractivity contribution >= 4 is 11.4 Å². The smallest absolute Gasteiger partial charge is 0.420 e. The number of nitrogens with one attached hydrogen (secondary N) is 1. The number of hydrogen-bond acceptors (Lipinski definition) is 4. The van der Waals surface area contributed by atoms with Gasteiger partial charge in [-0.2, -0.15) is 13.2 Å². The van der Waals surface area contributed by atoms with Gasteiger partial charge >= 0.3 is 6.18 Å². The van der Waals surface area contributed by atoms with Crippen LogP contribution >= 0.6 is 0 Å². The summed E-state index contributed by atoms with van der Waals surface area (Å²) >= 11 is 0. The molecule has 0 spiro atoms. The molecule has 0 amide bonds. The largest absolute Gasteiger partial charge is 0.457 e. The maximum atomic E-state index is 13.6. The second-order valence-electron chi connectivity index (χ2n) is 7.24. The van der Waals surface area contributed by atoms with E-state index in [-0.39, 0.29) is 5.75 Å². The Labute approximate surface area is 179 Å². The first-order valence-corrected chi connectivity index (χ1v) is 10.1. The van der Waals surface area contributed by atoms with Crippen LogP contribution in [0.3, 0.4) is 0 Å². The molecule has 3 aromatic carbocycles. The number of nitrogens with zero attached hydrogens (tertiary/aromatic N) is 1. The summed E-state index contributed by atoms with van der Waals surface area (Å²) in [6.07, 6.45) is -4.53. The molecule has 1 saturated heterocycles. The lowest BCUT2D eigenvalue weighted by molar-refractivity contribution is -0.138. The molecule has 1 fully saturated rings. The lowest BCUT2D eigenvalue weighted by Gasteiger charge is -2.28. The van der Waals surface area contributed by atoms with Gasteiger partial charge in [-0.1, -0.05) is 30.3 Å². The summed E-state index contributed by atoms with van der Waals surface area (Å²) < 4.78 is 51.6. The quantitative estimate of drug-likeness (QED) is 0.526. The second-order valence-corrected chi connectivity index (χ2v) is 7.24. The molecular weight excluding hydrogens is 405 g/mol. The molecule has 0 aromatic heterocycles. The number of hydrogen-bond donors (Lipinski definition) is 1. The number of ether oxygens (including phenoxy) is 2. The second kappa shape index (κ2) is 9.31. The van der Waals surface area contributed by atoms with E-state index in [0.717, 1.165) is 43.6 Å². The van der Waals surface area contributed by atoms with Gasteiger partial charge in [0.25, 0.3) is 0 Å². The Morgan fingerprint density at radius 2 is 1.61 bits per heavy atom. The maximum Gasteiger partial charge on any atom is 0.420 e. The van der Waals surface area contributed by atoms with Crippen molar-refractivity contribution < 1.29 is 22.6 Å². The van der Waals surface area contributed by atoms with E-state index in [1.807, 2.05) is 24.3 Å². The predicted molar refractivity (Wildman–Crippen MR) is 115 cm³/mol. The van der Waals surface area contributed by atoms with Crippen LogP contribution in [0.15, 0.2) is 72.8 Å². The Kier molecular flexibility index (Phi) is 6.32. The maximum absolute atomic E-state index is 13.6. The van der Waals surface area contributed by atoms with Crippen LogP contribution in [0.1, 0.15) is 11.1 Å². The lowest BCUT2D eigenvalue weighted by Crippen LogP contribution is -2.36. The van der Waals surface area contributed by atoms with Crippen LogP contribution in [-0.4, -0.2) is 26.3 Å². The van der Waals surface area contributed by atoms with Crippen LogP contribution in [-0.2, 0) is 17.5 Å². The molecule has 31 heavy (non-hydrogen) atoms. The van der Waals surface area contributed by atoms with E-state index < -0.39 is 11.7 Å². The summed E-state index contributed by atoms with van der Waals surface area (Å²) in [7, 11) is 0. The Morgan fingerprint density at radius 3 is 2.29 bits per heavy atom. The third-order valence-electron chi connectivity index (χ3n) is 5.07. The number of alkyl halides is 3. The van der Waals surface area contributed by atoms with Crippen molar-refractivity contribution in [2.75, 3.05) is 36.5 Å². The zero-order valence-corrected chi connectivity index (χ0v) is 16.9. The standard InChI is InChI=1S/C24H23F3N2O2/c25-24(26,27)22-16-19(8-11-23(22)31-21-4-2-1-3-5-21)28-17-18-6-9-20(10-7-18)29-12-14-30-15-13-29/h1-11,16,28H,12-15,17H2. The fourth-order valence-electron chi connectivity index (χ4n) is 3.42. The summed E-state index contributed by atoms with van der Waals surface area (Å²) in [6, 6.07) is 20.5. The van der Waals surface area contributed by atoms with Gasteiger partial charge < -0.3 is 19.7 Å². The van der Waals surface area contributed by atoms with Crippen LogP contribution in [0.4, 0.5) is 24.5 Å². The number of morpholine rings is 1. The van der Waals surface area contributed by atoms with E-state index in [1.165, 1.54) is 6.07 Å². The highest BCUT2D eigenvalue weighted by Gasteiger charge is 2.35. The normalized spacial score (nSPS) is 14.4. The molecule has 0 atom stereocenters. The van der Waals surface area contributed by atoms with Crippen molar-refractivity contribution in [3.05, 3.63) is 83.9 Å². The fraction of sp³-hybridized carbons (Fsp3) is 0.250. The number of benzene rings is 3. The summed E-state index contributed by atoms with van der Waals surface area (Å²) in [5.41, 5.74) is 1.66. The molecule has 4 nitrogen and oxygen atoms in total. The molecule has 3 aromatic rings. The molecule has 1 N–H and O–H groups in total. The van der Waals surface area contributed by atoms with Crippen LogP contribution in [0.2, 0.25) is 0 Å². The number of rotatable bonds is 6. The highest BCUT2D eigenvalue weighted by Crippen LogP contribution is 2.39. The van der Waals surface area contributed by atoms with Gasteiger partial charge in [0.2, 0.25) is 0 Å². The molecule has 1 aliphatic heterocycles. The molecule has 1 aliphatic rings. The minimum atomic E-state index is -4.53. The molecule has 7 heteroatoms. The highest BCUT2D eigenvalue weighted by molar-refractivity contribution is 5.54. The zero-order chi connectivity index (χ0) is 21.7.